The van der Waals surface area contributed by atoms with E-state index in [0.717, 1.165) is 37.7 Å². The van der Waals surface area contributed by atoms with Crippen LogP contribution in [0, 0.1) is 0 Å². The van der Waals surface area contributed by atoms with Crippen LogP contribution in [0.4, 0.5) is 11.4 Å². The molecule has 122 valence electrons. The quantitative estimate of drug-likeness (QED) is 0.333. The largest absolute Gasteiger partial charge is 0.506 e. The summed E-state index contributed by atoms with van der Waals surface area (Å²) in [5.74, 6) is 0.102. The second-order valence-electron chi connectivity index (χ2n) is 5.77. The summed E-state index contributed by atoms with van der Waals surface area (Å²) in [5, 5.41) is 9.72. The van der Waals surface area contributed by atoms with Crippen LogP contribution in [0.15, 0.2) is 41.4 Å². The molecule has 0 bridgehead atoms. The van der Waals surface area contributed by atoms with Gasteiger partial charge >= 0.3 is 0 Å². The van der Waals surface area contributed by atoms with E-state index in [0.29, 0.717) is 11.4 Å². The van der Waals surface area contributed by atoms with Crippen LogP contribution in [0.2, 0.25) is 0 Å². The van der Waals surface area contributed by atoms with Crippen LogP contribution in [0.25, 0.3) is 0 Å². The van der Waals surface area contributed by atoms with Crippen LogP contribution in [0.5, 0.6) is 5.75 Å². The number of phenolic OH excluding ortho intramolecular Hbond substituents is 1. The van der Waals surface area contributed by atoms with Gasteiger partial charge in [-0.15, -0.1) is 0 Å². The van der Waals surface area contributed by atoms with E-state index in [1.165, 1.54) is 11.1 Å². The molecule has 0 atom stereocenters. The Hall–Kier alpha value is -2.29. The molecule has 2 rings (SSSR count). The molecule has 0 saturated carbocycles. The zero-order valence-electron chi connectivity index (χ0n) is 14.0. The number of nitrogen functional groups attached to an aromatic ring is 1. The lowest BCUT2D eigenvalue weighted by Gasteiger charge is -2.10. The van der Waals surface area contributed by atoms with Gasteiger partial charge in [0, 0.05) is 6.21 Å². The molecule has 0 saturated heterocycles. The highest BCUT2D eigenvalue weighted by Gasteiger charge is 2.09. The van der Waals surface area contributed by atoms with Crippen molar-refractivity contribution < 1.29 is 5.11 Å². The molecule has 23 heavy (non-hydrogen) atoms. The monoisotopic (exact) mass is 310 g/mol. The predicted octanol–water partition coefficient (Wildman–Crippen LogP) is 4.82. The summed E-state index contributed by atoms with van der Waals surface area (Å²) >= 11 is 0. The first-order valence-corrected chi connectivity index (χ1v) is 8.32. The van der Waals surface area contributed by atoms with Crippen molar-refractivity contribution in [2.75, 3.05) is 5.73 Å². The van der Waals surface area contributed by atoms with E-state index in [-0.39, 0.29) is 5.75 Å². The van der Waals surface area contributed by atoms with Crippen LogP contribution < -0.4 is 5.73 Å². The van der Waals surface area contributed by atoms with Crippen molar-refractivity contribution >= 4 is 17.6 Å². The lowest BCUT2D eigenvalue weighted by molar-refractivity contribution is 0.478. The molecular weight excluding hydrogens is 284 g/mol. The lowest BCUT2D eigenvalue weighted by atomic mass is 10.0. The number of hydrogen-bond acceptors (Lipinski definition) is 3. The third-order valence-corrected chi connectivity index (χ3v) is 4.13. The van der Waals surface area contributed by atoms with E-state index in [1.54, 1.807) is 12.3 Å². The topological polar surface area (TPSA) is 58.6 Å². The maximum absolute atomic E-state index is 9.72. The number of phenols is 1. The average Bonchev–Trinajstić information content (AvgIpc) is 2.58. The Morgan fingerprint density at radius 2 is 1.65 bits per heavy atom. The summed E-state index contributed by atoms with van der Waals surface area (Å²) in [4.78, 5) is 4.31. The fourth-order valence-corrected chi connectivity index (χ4v) is 2.71. The molecule has 0 aliphatic heterocycles. The second-order valence-corrected chi connectivity index (χ2v) is 5.77. The summed E-state index contributed by atoms with van der Waals surface area (Å²) in [5.41, 5.74) is 10.9. The second kappa shape index (κ2) is 8.37. The standard InChI is InChI=1S/C20H26N2O/c1-3-15-9-11-16(12-10-15)7-5-6-8-17-13-14-18(23)19(21)20(17)22-4-2/h4,9-14,23H,3,5-8,21H2,1-2H3. The van der Waals surface area contributed by atoms with E-state index >= 15 is 0 Å². The number of aryl methyl sites for hydroxylation is 3. The SMILES string of the molecule is CC=Nc1c(CCCCc2ccc(CC)cc2)ccc(O)c1N. The van der Waals surface area contributed by atoms with E-state index < -0.39 is 0 Å². The molecule has 3 N–H and O–H groups in total. The molecule has 0 unspecified atom stereocenters. The zero-order chi connectivity index (χ0) is 16.7. The Bertz CT molecular complexity index is 660. The number of benzene rings is 2. The van der Waals surface area contributed by atoms with Crippen molar-refractivity contribution in [3.63, 3.8) is 0 Å². The third kappa shape index (κ3) is 4.59. The smallest absolute Gasteiger partial charge is 0.140 e. The molecule has 3 heteroatoms. The van der Waals surface area contributed by atoms with Gasteiger partial charge in [-0.05, 0) is 61.8 Å². The van der Waals surface area contributed by atoms with E-state index in [4.69, 9.17) is 5.73 Å². The highest BCUT2D eigenvalue weighted by molar-refractivity contribution is 5.77. The summed E-state index contributed by atoms with van der Waals surface area (Å²) in [6, 6.07) is 12.5. The van der Waals surface area contributed by atoms with E-state index in [9.17, 15) is 5.11 Å². The molecule has 2 aromatic carbocycles. The Morgan fingerprint density at radius 1 is 1.00 bits per heavy atom. The highest BCUT2D eigenvalue weighted by atomic mass is 16.3. The number of rotatable bonds is 7. The number of nitrogens with zero attached hydrogens (tertiary/aromatic N) is 1. The highest BCUT2D eigenvalue weighted by Crippen LogP contribution is 2.35. The molecule has 0 fully saturated rings. The van der Waals surface area contributed by atoms with Crippen molar-refractivity contribution in [1.82, 2.24) is 0 Å². The number of anilines is 1. The van der Waals surface area contributed by atoms with Gasteiger partial charge in [-0.25, -0.2) is 0 Å². The van der Waals surface area contributed by atoms with Gasteiger partial charge in [0.1, 0.15) is 11.4 Å². The molecular formula is C20H26N2O. The van der Waals surface area contributed by atoms with Gasteiger partial charge in [0.25, 0.3) is 0 Å². The Labute approximate surface area is 138 Å². The lowest BCUT2D eigenvalue weighted by Crippen LogP contribution is -1.94. The number of hydrogen-bond donors (Lipinski definition) is 2. The van der Waals surface area contributed by atoms with Gasteiger partial charge in [-0.2, -0.15) is 0 Å². The van der Waals surface area contributed by atoms with E-state index in [1.807, 2.05) is 13.0 Å². The van der Waals surface area contributed by atoms with Crippen molar-refractivity contribution in [3.8, 4) is 5.75 Å². The minimum atomic E-state index is 0.102. The third-order valence-electron chi connectivity index (χ3n) is 4.13. The van der Waals surface area contributed by atoms with Gasteiger partial charge in [-0.3, -0.25) is 4.99 Å². The van der Waals surface area contributed by atoms with Gasteiger partial charge in [-0.1, -0.05) is 37.3 Å². The van der Waals surface area contributed by atoms with Crippen molar-refractivity contribution in [2.24, 2.45) is 4.99 Å². The van der Waals surface area contributed by atoms with Gasteiger partial charge in [0.05, 0.1) is 5.69 Å². The molecule has 0 aromatic heterocycles. The van der Waals surface area contributed by atoms with Crippen LogP contribution in [0.1, 0.15) is 43.4 Å². The van der Waals surface area contributed by atoms with Gasteiger partial charge < -0.3 is 10.8 Å². The van der Waals surface area contributed by atoms with Crippen molar-refractivity contribution in [3.05, 3.63) is 53.1 Å². The number of aliphatic imine (C=N–C) groups is 1. The van der Waals surface area contributed by atoms with Crippen LogP contribution in [0.3, 0.4) is 0 Å². The first-order chi connectivity index (χ1) is 11.2. The zero-order valence-corrected chi connectivity index (χ0v) is 14.0. The van der Waals surface area contributed by atoms with Crippen molar-refractivity contribution in [2.45, 2.75) is 46.0 Å². The van der Waals surface area contributed by atoms with Gasteiger partial charge in [0.2, 0.25) is 0 Å². The van der Waals surface area contributed by atoms with Crippen LogP contribution in [-0.2, 0) is 19.3 Å². The first-order valence-electron chi connectivity index (χ1n) is 8.32. The molecule has 0 radical (unpaired) electrons. The molecule has 0 aliphatic carbocycles. The number of unbranched alkanes of at least 4 members (excludes halogenated alkanes) is 1. The summed E-state index contributed by atoms with van der Waals surface area (Å²) in [6.45, 7) is 4.03. The minimum Gasteiger partial charge on any atom is -0.506 e. The minimum absolute atomic E-state index is 0.102. The summed E-state index contributed by atoms with van der Waals surface area (Å²) in [6.07, 6.45) is 7.01. The molecule has 0 aliphatic rings. The number of nitrogens with two attached hydrogens (primary N) is 1. The molecule has 0 heterocycles. The average molecular weight is 310 g/mol. The Morgan fingerprint density at radius 3 is 2.30 bits per heavy atom. The Kier molecular flexibility index (Phi) is 6.21. The van der Waals surface area contributed by atoms with Crippen molar-refractivity contribution in [1.29, 1.82) is 0 Å². The predicted molar refractivity (Wildman–Crippen MR) is 98.8 cm³/mol. The molecule has 2 aromatic rings. The fourth-order valence-electron chi connectivity index (χ4n) is 2.71. The fraction of sp³-hybridized carbons (Fsp3) is 0.350. The van der Waals surface area contributed by atoms with E-state index in [2.05, 4.69) is 36.2 Å². The number of aromatic hydroxyl groups is 1. The van der Waals surface area contributed by atoms with Crippen LogP contribution >= 0.6 is 0 Å². The Balaban J connectivity index is 1.92. The molecule has 3 nitrogen and oxygen atoms in total. The maximum atomic E-state index is 9.72. The van der Waals surface area contributed by atoms with Gasteiger partial charge in [0.15, 0.2) is 0 Å². The first kappa shape index (κ1) is 17.1. The molecule has 0 amide bonds. The normalized spacial score (nSPS) is 11.2. The van der Waals surface area contributed by atoms with Crippen LogP contribution in [-0.4, -0.2) is 11.3 Å². The maximum Gasteiger partial charge on any atom is 0.140 e. The summed E-state index contributed by atoms with van der Waals surface area (Å²) < 4.78 is 0. The molecule has 0 spiro atoms. The summed E-state index contributed by atoms with van der Waals surface area (Å²) in [7, 11) is 0.